The van der Waals surface area contributed by atoms with Crippen LogP contribution in [-0.2, 0) is 13.1 Å². The van der Waals surface area contributed by atoms with Crippen LogP contribution in [0.2, 0.25) is 4.34 Å². The summed E-state index contributed by atoms with van der Waals surface area (Å²) < 4.78 is 5.93. The molecule has 3 N–H and O–H groups in total. The lowest BCUT2D eigenvalue weighted by Gasteiger charge is -2.00. The molecule has 17 heavy (non-hydrogen) atoms. The summed E-state index contributed by atoms with van der Waals surface area (Å²) in [4.78, 5) is 12.7. The van der Waals surface area contributed by atoms with Gasteiger partial charge in [-0.15, -0.1) is 11.3 Å². The SMILES string of the molecule is NCc1ccc(C(=O)NCc2ccc(Cl)s2)o1. The largest absolute Gasteiger partial charge is 0.455 e. The van der Waals surface area contributed by atoms with Gasteiger partial charge in [0.2, 0.25) is 0 Å². The third kappa shape index (κ3) is 3.09. The molecular formula is C11H11ClN2O2S. The molecule has 0 aliphatic carbocycles. The number of thiophene rings is 1. The Morgan fingerprint density at radius 1 is 1.41 bits per heavy atom. The van der Waals surface area contributed by atoms with Crippen LogP contribution in [0.25, 0.3) is 0 Å². The van der Waals surface area contributed by atoms with Crippen LogP contribution in [-0.4, -0.2) is 5.91 Å². The number of hydrogen-bond donors (Lipinski definition) is 2. The molecule has 2 heterocycles. The van der Waals surface area contributed by atoms with Gasteiger partial charge in [0, 0.05) is 4.88 Å². The molecule has 1 amide bonds. The summed E-state index contributed by atoms with van der Waals surface area (Å²) >= 11 is 7.22. The molecule has 0 bridgehead atoms. The highest BCUT2D eigenvalue weighted by Crippen LogP contribution is 2.21. The first-order chi connectivity index (χ1) is 8.19. The number of nitrogens with two attached hydrogens (primary N) is 1. The molecule has 0 unspecified atom stereocenters. The average molecular weight is 271 g/mol. The fourth-order valence-electron chi connectivity index (χ4n) is 1.31. The smallest absolute Gasteiger partial charge is 0.287 e. The maximum atomic E-state index is 11.7. The van der Waals surface area contributed by atoms with Crippen LogP contribution in [0.15, 0.2) is 28.7 Å². The van der Waals surface area contributed by atoms with Crippen molar-refractivity contribution in [1.29, 1.82) is 0 Å². The Balaban J connectivity index is 1.93. The third-order valence-electron chi connectivity index (χ3n) is 2.14. The molecule has 2 aromatic heterocycles. The second-order valence-electron chi connectivity index (χ2n) is 3.36. The summed E-state index contributed by atoms with van der Waals surface area (Å²) in [5.74, 6) is 0.608. The Kier molecular flexibility index (Phi) is 3.83. The second-order valence-corrected chi connectivity index (χ2v) is 5.16. The Morgan fingerprint density at radius 3 is 2.82 bits per heavy atom. The lowest BCUT2D eigenvalue weighted by molar-refractivity contribution is 0.0922. The minimum Gasteiger partial charge on any atom is -0.455 e. The molecule has 0 saturated carbocycles. The molecule has 0 saturated heterocycles. The van der Waals surface area contributed by atoms with E-state index in [1.54, 1.807) is 18.2 Å². The summed E-state index contributed by atoms with van der Waals surface area (Å²) in [5, 5.41) is 2.74. The third-order valence-corrected chi connectivity index (χ3v) is 3.37. The summed E-state index contributed by atoms with van der Waals surface area (Å²) in [6.07, 6.45) is 0. The van der Waals surface area contributed by atoms with E-state index in [2.05, 4.69) is 5.32 Å². The van der Waals surface area contributed by atoms with E-state index >= 15 is 0 Å². The molecule has 0 aromatic carbocycles. The van der Waals surface area contributed by atoms with Crippen molar-refractivity contribution >= 4 is 28.8 Å². The Bertz CT molecular complexity index is 521. The van der Waals surface area contributed by atoms with Crippen molar-refractivity contribution in [1.82, 2.24) is 5.32 Å². The highest BCUT2D eigenvalue weighted by atomic mass is 35.5. The van der Waals surface area contributed by atoms with Gasteiger partial charge in [-0.2, -0.15) is 0 Å². The van der Waals surface area contributed by atoms with Gasteiger partial charge in [0.1, 0.15) is 5.76 Å². The second kappa shape index (κ2) is 5.35. The van der Waals surface area contributed by atoms with Crippen LogP contribution in [0.4, 0.5) is 0 Å². The molecule has 0 fully saturated rings. The number of nitrogens with one attached hydrogen (secondary N) is 1. The monoisotopic (exact) mass is 270 g/mol. The van der Waals surface area contributed by atoms with Crippen molar-refractivity contribution in [2.75, 3.05) is 0 Å². The van der Waals surface area contributed by atoms with Gasteiger partial charge in [0.05, 0.1) is 17.4 Å². The summed E-state index contributed by atoms with van der Waals surface area (Å²) in [5.41, 5.74) is 5.39. The predicted octanol–water partition coefficient (Wildman–Crippen LogP) is 2.38. The normalized spacial score (nSPS) is 10.5. The van der Waals surface area contributed by atoms with E-state index in [-0.39, 0.29) is 18.2 Å². The standard InChI is InChI=1S/C11H11ClN2O2S/c12-10-4-2-8(17-10)6-14-11(15)9-3-1-7(5-13)16-9/h1-4H,5-6,13H2,(H,14,15). The zero-order chi connectivity index (χ0) is 12.3. The Hall–Kier alpha value is -1.30. The molecule has 2 aromatic rings. The number of halogens is 1. The topological polar surface area (TPSA) is 68.3 Å². The maximum Gasteiger partial charge on any atom is 0.287 e. The van der Waals surface area contributed by atoms with Crippen LogP contribution < -0.4 is 11.1 Å². The van der Waals surface area contributed by atoms with Gasteiger partial charge in [-0.05, 0) is 24.3 Å². The Labute approximate surface area is 107 Å². The van der Waals surface area contributed by atoms with Crippen LogP contribution in [0, 0.1) is 0 Å². The van der Waals surface area contributed by atoms with Crippen molar-refractivity contribution in [3.8, 4) is 0 Å². The summed E-state index contributed by atoms with van der Waals surface area (Å²) in [7, 11) is 0. The molecule has 4 nitrogen and oxygen atoms in total. The van der Waals surface area contributed by atoms with Crippen molar-refractivity contribution in [2.24, 2.45) is 5.73 Å². The first-order valence-corrected chi connectivity index (χ1v) is 6.19. The first kappa shape index (κ1) is 12.2. The highest BCUT2D eigenvalue weighted by Gasteiger charge is 2.10. The number of rotatable bonds is 4. The number of hydrogen-bond acceptors (Lipinski definition) is 4. The highest BCUT2D eigenvalue weighted by molar-refractivity contribution is 7.16. The van der Waals surface area contributed by atoms with Crippen LogP contribution in [0.1, 0.15) is 21.2 Å². The van der Waals surface area contributed by atoms with E-state index in [9.17, 15) is 4.79 Å². The van der Waals surface area contributed by atoms with Gasteiger partial charge >= 0.3 is 0 Å². The van der Waals surface area contributed by atoms with Crippen LogP contribution in [0.3, 0.4) is 0 Å². The minimum atomic E-state index is -0.255. The lowest BCUT2D eigenvalue weighted by Crippen LogP contribution is -2.21. The first-order valence-electron chi connectivity index (χ1n) is 5.00. The number of carbonyl (C=O) groups excluding carboxylic acids is 1. The van der Waals surface area contributed by atoms with E-state index in [0.29, 0.717) is 16.6 Å². The number of carbonyl (C=O) groups is 1. The minimum absolute atomic E-state index is 0.255. The Morgan fingerprint density at radius 2 is 2.24 bits per heavy atom. The zero-order valence-corrected chi connectivity index (χ0v) is 10.5. The molecule has 0 aliphatic heterocycles. The lowest BCUT2D eigenvalue weighted by atomic mass is 10.4. The van der Waals surface area contributed by atoms with Crippen LogP contribution in [0.5, 0.6) is 0 Å². The van der Waals surface area contributed by atoms with Crippen molar-refractivity contribution < 1.29 is 9.21 Å². The van der Waals surface area contributed by atoms with E-state index in [1.807, 2.05) is 6.07 Å². The van der Waals surface area contributed by atoms with Gasteiger partial charge in [0.15, 0.2) is 5.76 Å². The van der Waals surface area contributed by atoms with Gasteiger partial charge < -0.3 is 15.5 Å². The van der Waals surface area contributed by atoms with Crippen molar-refractivity contribution in [2.45, 2.75) is 13.1 Å². The van der Waals surface area contributed by atoms with E-state index in [4.69, 9.17) is 21.8 Å². The number of amides is 1. The maximum absolute atomic E-state index is 11.7. The molecule has 0 radical (unpaired) electrons. The molecule has 0 spiro atoms. The average Bonchev–Trinajstić information content (AvgIpc) is 2.94. The molecule has 90 valence electrons. The fraction of sp³-hybridized carbons (Fsp3) is 0.182. The number of furan rings is 1. The van der Waals surface area contributed by atoms with Crippen LogP contribution >= 0.6 is 22.9 Å². The van der Waals surface area contributed by atoms with Gasteiger partial charge in [0.25, 0.3) is 5.91 Å². The van der Waals surface area contributed by atoms with E-state index in [1.165, 1.54) is 11.3 Å². The van der Waals surface area contributed by atoms with Crippen molar-refractivity contribution in [3.05, 3.63) is 45.0 Å². The predicted molar refractivity (Wildman–Crippen MR) is 67.1 cm³/mol. The summed E-state index contributed by atoms with van der Waals surface area (Å²) in [6, 6.07) is 6.98. The van der Waals surface area contributed by atoms with E-state index in [0.717, 1.165) is 4.88 Å². The molecule has 0 aliphatic rings. The molecule has 0 atom stereocenters. The quantitative estimate of drug-likeness (QED) is 0.896. The van der Waals surface area contributed by atoms with E-state index < -0.39 is 0 Å². The van der Waals surface area contributed by atoms with Crippen molar-refractivity contribution in [3.63, 3.8) is 0 Å². The van der Waals surface area contributed by atoms with Gasteiger partial charge in [-0.3, -0.25) is 4.79 Å². The zero-order valence-electron chi connectivity index (χ0n) is 8.90. The van der Waals surface area contributed by atoms with Gasteiger partial charge in [-0.1, -0.05) is 11.6 Å². The fourth-order valence-corrected chi connectivity index (χ4v) is 2.34. The summed E-state index contributed by atoms with van der Waals surface area (Å²) in [6.45, 7) is 0.725. The molecular weight excluding hydrogens is 260 g/mol. The molecule has 2 rings (SSSR count). The molecule has 6 heteroatoms. The van der Waals surface area contributed by atoms with Gasteiger partial charge in [-0.25, -0.2) is 0 Å².